The van der Waals surface area contributed by atoms with Crippen molar-refractivity contribution in [3.63, 3.8) is 0 Å². The molecule has 0 radical (unpaired) electrons. The van der Waals surface area contributed by atoms with Gasteiger partial charge >= 0.3 is 0 Å². The van der Waals surface area contributed by atoms with E-state index in [1.54, 1.807) is 36.9 Å². The van der Waals surface area contributed by atoms with Gasteiger partial charge in [0.15, 0.2) is 0 Å². The van der Waals surface area contributed by atoms with Crippen LogP contribution >= 0.6 is 0 Å². The maximum Gasteiger partial charge on any atom is 0.244 e. The lowest BCUT2D eigenvalue weighted by Crippen LogP contribution is -2.48. The Hall–Kier alpha value is -1.60. The molecule has 7 heteroatoms. The Morgan fingerprint density at radius 3 is 2.52 bits per heavy atom. The molecule has 1 N–H and O–H groups in total. The smallest absolute Gasteiger partial charge is 0.244 e. The van der Waals surface area contributed by atoms with E-state index in [-0.39, 0.29) is 16.6 Å². The molecule has 1 aromatic carbocycles. The lowest BCUT2D eigenvalue weighted by atomic mass is 10.1. The Balaban J connectivity index is 2.17. The SMILES string of the molecule is COc1ccc(C)cc1S(=O)(=O)NC(C)C(=O)N1CCCCC1. The molecule has 1 atom stereocenters. The molecule has 23 heavy (non-hydrogen) atoms. The summed E-state index contributed by atoms with van der Waals surface area (Å²) in [5, 5.41) is 0. The lowest BCUT2D eigenvalue weighted by molar-refractivity contribution is -0.133. The molecule has 1 aliphatic heterocycles. The summed E-state index contributed by atoms with van der Waals surface area (Å²) in [6.45, 7) is 4.77. The molecule has 1 amide bonds. The molecule has 1 unspecified atom stereocenters. The number of sulfonamides is 1. The number of amides is 1. The number of aryl methyl sites for hydroxylation is 1. The third-order valence-electron chi connectivity index (χ3n) is 3.98. The van der Waals surface area contributed by atoms with Gasteiger partial charge in [-0.15, -0.1) is 0 Å². The number of benzene rings is 1. The predicted octanol–water partition coefficient (Wildman–Crippen LogP) is 1.68. The van der Waals surface area contributed by atoms with Crippen molar-refractivity contribution in [2.24, 2.45) is 0 Å². The minimum absolute atomic E-state index is 0.0540. The number of carbonyl (C=O) groups is 1. The van der Waals surface area contributed by atoms with Crippen LogP contribution in [-0.4, -0.2) is 45.5 Å². The first kappa shape index (κ1) is 17.7. The van der Waals surface area contributed by atoms with Crippen molar-refractivity contribution in [3.05, 3.63) is 23.8 Å². The van der Waals surface area contributed by atoms with E-state index in [4.69, 9.17) is 4.74 Å². The largest absolute Gasteiger partial charge is 0.495 e. The zero-order valence-electron chi connectivity index (χ0n) is 13.8. The minimum Gasteiger partial charge on any atom is -0.495 e. The van der Waals surface area contributed by atoms with E-state index in [1.165, 1.54) is 7.11 Å². The third kappa shape index (κ3) is 4.23. The van der Waals surface area contributed by atoms with Crippen molar-refractivity contribution in [1.29, 1.82) is 0 Å². The number of piperidine rings is 1. The first-order valence-electron chi connectivity index (χ1n) is 7.81. The molecule has 128 valence electrons. The van der Waals surface area contributed by atoms with Gasteiger partial charge in [-0.3, -0.25) is 4.79 Å². The molecule has 1 saturated heterocycles. The average Bonchev–Trinajstić information content (AvgIpc) is 2.54. The Morgan fingerprint density at radius 1 is 1.26 bits per heavy atom. The molecule has 0 bridgehead atoms. The van der Waals surface area contributed by atoms with Crippen molar-refractivity contribution in [1.82, 2.24) is 9.62 Å². The van der Waals surface area contributed by atoms with Crippen LogP contribution in [-0.2, 0) is 14.8 Å². The fraction of sp³-hybridized carbons (Fsp3) is 0.562. The fourth-order valence-electron chi connectivity index (χ4n) is 2.73. The molecule has 0 aromatic heterocycles. The number of methoxy groups -OCH3 is 1. The normalized spacial score (nSPS) is 16.9. The maximum absolute atomic E-state index is 12.6. The van der Waals surface area contributed by atoms with E-state index >= 15 is 0 Å². The van der Waals surface area contributed by atoms with E-state index in [0.29, 0.717) is 13.1 Å². The highest BCUT2D eigenvalue weighted by molar-refractivity contribution is 7.89. The van der Waals surface area contributed by atoms with Gasteiger partial charge in [-0.05, 0) is 50.8 Å². The van der Waals surface area contributed by atoms with Crippen LogP contribution < -0.4 is 9.46 Å². The van der Waals surface area contributed by atoms with Crippen LogP contribution in [0, 0.1) is 6.92 Å². The number of carbonyl (C=O) groups excluding carboxylic acids is 1. The highest BCUT2D eigenvalue weighted by Gasteiger charge is 2.28. The summed E-state index contributed by atoms with van der Waals surface area (Å²) in [4.78, 5) is 14.2. The summed E-state index contributed by atoms with van der Waals surface area (Å²) in [7, 11) is -2.41. The molecular formula is C16H24N2O4S. The molecule has 6 nitrogen and oxygen atoms in total. The van der Waals surface area contributed by atoms with Crippen LogP contribution in [0.5, 0.6) is 5.75 Å². The van der Waals surface area contributed by atoms with Crippen molar-refractivity contribution in [3.8, 4) is 5.75 Å². The van der Waals surface area contributed by atoms with Crippen LogP contribution in [0.3, 0.4) is 0 Å². The molecule has 2 rings (SSSR count). The summed E-state index contributed by atoms with van der Waals surface area (Å²) in [5.74, 6) is 0.0839. The van der Waals surface area contributed by atoms with E-state index in [1.807, 2.05) is 0 Å². The van der Waals surface area contributed by atoms with E-state index in [0.717, 1.165) is 24.8 Å². The van der Waals surface area contributed by atoms with Crippen molar-refractivity contribution in [2.45, 2.75) is 44.0 Å². The van der Waals surface area contributed by atoms with E-state index < -0.39 is 16.1 Å². The van der Waals surface area contributed by atoms with Gasteiger partial charge < -0.3 is 9.64 Å². The second kappa shape index (κ2) is 7.31. The molecule has 0 spiro atoms. The topological polar surface area (TPSA) is 75.7 Å². The second-order valence-corrected chi connectivity index (χ2v) is 7.57. The molecule has 1 heterocycles. The highest BCUT2D eigenvalue weighted by atomic mass is 32.2. The number of hydrogen-bond acceptors (Lipinski definition) is 4. The monoisotopic (exact) mass is 340 g/mol. The van der Waals surface area contributed by atoms with Gasteiger partial charge in [-0.1, -0.05) is 6.07 Å². The molecule has 0 saturated carbocycles. The Kier molecular flexibility index (Phi) is 5.64. The van der Waals surface area contributed by atoms with Crippen molar-refractivity contribution >= 4 is 15.9 Å². The second-order valence-electron chi connectivity index (χ2n) is 5.88. The number of nitrogens with one attached hydrogen (secondary N) is 1. The van der Waals surface area contributed by atoms with Gasteiger partial charge in [0.25, 0.3) is 0 Å². The molecule has 1 aliphatic rings. The Morgan fingerprint density at radius 2 is 1.91 bits per heavy atom. The summed E-state index contributed by atoms with van der Waals surface area (Å²) in [6, 6.07) is 4.13. The first-order chi connectivity index (χ1) is 10.8. The van der Waals surface area contributed by atoms with Crippen molar-refractivity contribution < 1.29 is 17.9 Å². The first-order valence-corrected chi connectivity index (χ1v) is 9.29. The number of likely N-dealkylation sites (tertiary alicyclic amines) is 1. The van der Waals surface area contributed by atoms with Gasteiger partial charge in [0, 0.05) is 13.1 Å². The van der Waals surface area contributed by atoms with Crippen LogP contribution in [0.15, 0.2) is 23.1 Å². The van der Waals surface area contributed by atoms with Gasteiger partial charge in [0.1, 0.15) is 10.6 Å². The zero-order valence-corrected chi connectivity index (χ0v) is 14.6. The quantitative estimate of drug-likeness (QED) is 0.885. The molecule has 1 fully saturated rings. The van der Waals surface area contributed by atoms with Crippen LogP contribution in [0.25, 0.3) is 0 Å². The Bertz CT molecular complexity index is 667. The number of ether oxygens (including phenoxy) is 1. The van der Waals surface area contributed by atoms with Crippen LogP contribution in [0.1, 0.15) is 31.7 Å². The number of nitrogens with zero attached hydrogens (tertiary/aromatic N) is 1. The number of rotatable bonds is 5. The van der Waals surface area contributed by atoms with Gasteiger partial charge in [0.05, 0.1) is 13.2 Å². The minimum atomic E-state index is -3.83. The van der Waals surface area contributed by atoms with E-state index in [2.05, 4.69) is 4.72 Å². The maximum atomic E-state index is 12.6. The van der Waals surface area contributed by atoms with Crippen LogP contribution in [0.4, 0.5) is 0 Å². The predicted molar refractivity (Wildman–Crippen MR) is 87.9 cm³/mol. The molecule has 0 aliphatic carbocycles. The average molecular weight is 340 g/mol. The number of hydrogen-bond donors (Lipinski definition) is 1. The van der Waals surface area contributed by atoms with E-state index in [9.17, 15) is 13.2 Å². The summed E-state index contributed by atoms with van der Waals surface area (Å²) in [6.07, 6.45) is 3.05. The van der Waals surface area contributed by atoms with Gasteiger partial charge in [0.2, 0.25) is 15.9 Å². The van der Waals surface area contributed by atoms with Gasteiger partial charge in [-0.2, -0.15) is 4.72 Å². The molecular weight excluding hydrogens is 316 g/mol. The summed E-state index contributed by atoms with van der Waals surface area (Å²) < 4.78 is 32.8. The Labute approximate surface area is 137 Å². The summed E-state index contributed by atoms with van der Waals surface area (Å²) >= 11 is 0. The van der Waals surface area contributed by atoms with Gasteiger partial charge in [-0.25, -0.2) is 8.42 Å². The zero-order chi connectivity index (χ0) is 17.0. The fourth-order valence-corrected chi connectivity index (χ4v) is 4.18. The van der Waals surface area contributed by atoms with Crippen LogP contribution in [0.2, 0.25) is 0 Å². The lowest BCUT2D eigenvalue weighted by Gasteiger charge is -2.29. The third-order valence-corrected chi connectivity index (χ3v) is 5.54. The highest BCUT2D eigenvalue weighted by Crippen LogP contribution is 2.25. The summed E-state index contributed by atoms with van der Waals surface area (Å²) in [5.41, 5.74) is 0.807. The molecule has 1 aromatic rings. The standard InChI is InChI=1S/C16H24N2O4S/c1-12-7-8-14(22-3)15(11-12)23(20,21)17-13(2)16(19)18-9-5-4-6-10-18/h7-8,11,13,17H,4-6,9-10H2,1-3H3. The van der Waals surface area contributed by atoms with Crippen molar-refractivity contribution in [2.75, 3.05) is 20.2 Å².